The molecule has 152 valence electrons. The van der Waals surface area contributed by atoms with Gasteiger partial charge in [0.1, 0.15) is 12.3 Å². The van der Waals surface area contributed by atoms with Crippen LogP contribution in [0.2, 0.25) is 0 Å². The summed E-state index contributed by atoms with van der Waals surface area (Å²) in [7, 11) is 0. The molecule has 0 bridgehead atoms. The molecular weight excluding hydrogens is 375 g/mol. The monoisotopic (exact) mass is 398 g/mol. The van der Waals surface area contributed by atoms with Crippen molar-refractivity contribution in [1.82, 2.24) is 10.5 Å². The molecule has 1 atom stereocenters. The molecule has 0 radical (unpaired) electrons. The Labute approximate surface area is 168 Å². The number of nitrogens with one attached hydrogen (secondary N) is 1. The number of fused-ring (bicyclic) bond motifs is 1. The number of carbonyl (C=O) groups is 1. The second-order valence-corrected chi connectivity index (χ2v) is 7.25. The van der Waals surface area contributed by atoms with Gasteiger partial charge in [0, 0.05) is 19.1 Å². The van der Waals surface area contributed by atoms with E-state index in [2.05, 4.69) is 10.5 Å². The Morgan fingerprint density at radius 2 is 2.07 bits per heavy atom. The molecule has 3 aromatic rings. The van der Waals surface area contributed by atoms with Crippen molar-refractivity contribution in [2.75, 3.05) is 19.8 Å². The van der Waals surface area contributed by atoms with Crippen LogP contribution in [0.1, 0.15) is 23.4 Å². The van der Waals surface area contributed by atoms with E-state index in [9.17, 15) is 9.18 Å². The average Bonchev–Trinajstić information content (AvgIpc) is 3.38. The molecule has 2 aromatic carbocycles. The van der Waals surface area contributed by atoms with Gasteiger partial charge in [-0.3, -0.25) is 4.79 Å². The molecule has 0 aliphatic carbocycles. The Morgan fingerprint density at radius 3 is 2.90 bits per heavy atom. The van der Waals surface area contributed by atoms with Gasteiger partial charge in [0.15, 0.2) is 11.6 Å². The first kappa shape index (κ1) is 19.5. The molecule has 1 aliphatic rings. The smallest absolute Gasteiger partial charge is 0.226 e. The second kappa shape index (κ2) is 9.15. The van der Waals surface area contributed by atoms with Crippen molar-refractivity contribution in [3.63, 3.8) is 0 Å². The minimum atomic E-state index is -0.622. The fourth-order valence-electron chi connectivity index (χ4n) is 3.36. The van der Waals surface area contributed by atoms with Crippen LogP contribution in [0.5, 0.6) is 0 Å². The van der Waals surface area contributed by atoms with Crippen LogP contribution in [0.15, 0.2) is 47.0 Å². The first-order chi connectivity index (χ1) is 14.2. The summed E-state index contributed by atoms with van der Waals surface area (Å²) in [5.74, 6) is -0.589. The number of aromatic nitrogens is 1. The van der Waals surface area contributed by atoms with Gasteiger partial charge in [-0.2, -0.15) is 0 Å². The van der Waals surface area contributed by atoms with Crippen molar-refractivity contribution < 1.29 is 23.2 Å². The zero-order chi connectivity index (χ0) is 20.1. The van der Waals surface area contributed by atoms with Crippen LogP contribution in [0.4, 0.5) is 4.39 Å². The average molecular weight is 398 g/mol. The van der Waals surface area contributed by atoms with E-state index in [1.54, 1.807) is 0 Å². The molecule has 7 heteroatoms. The molecule has 1 unspecified atom stereocenters. The lowest BCUT2D eigenvalue weighted by atomic mass is 10.1. The predicted octanol–water partition coefficient (Wildman–Crippen LogP) is 3.38. The normalized spacial score (nSPS) is 16.4. The van der Waals surface area contributed by atoms with Crippen LogP contribution in [0, 0.1) is 11.7 Å². The lowest BCUT2D eigenvalue weighted by molar-refractivity contribution is -0.120. The number of ether oxygens (including phenoxy) is 2. The number of nitrogens with zero attached hydrogens (tertiary/aromatic N) is 1. The van der Waals surface area contributed by atoms with Gasteiger partial charge in [-0.1, -0.05) is 41.6 Å². The molecule has 6 nitrogen and oxygen atoms in total. The van der Waals surface area contributed by atoms with Gasteiger partial charge >= 0.3 is 0 Å². The third kappa shape index (κ3) is 4.99. The highest BCUT2D eigenvalue weighted by Gasteiger charge is 2.20. The summed E-state index contributed by atoms with van der Waals surface area (Å²) in [5, 5.41) is 8.75. The van der Waals surface area contributed by atoms with E-state index < -0.39 is 5.82 Å². The lowest BCUT2D eigenvalue weighted by Gasteiger charge is -2.08. The first-order valence-corrected chi connectivity index (χ1v) is 9.72. The molecular formula is C22H23FN2O4. The maximum atomic E-state index is 14.4. The zero-order valence-electron chi connectivity index (χ0n) is 16.0. The third-order valence-electron chi connectivity index (χ3n) is 5.02. The molecule has 1 amide bonds. The number of hydrogen-bond acceptors (Lipinski definition) is 5. The summed E-state index contributed by atoms with van der Waals surface area (Å²) in [5.41, 5.74) is 0.980. The van der Waals surface area contributed by atoms with Crippen LogP contribution in [0.3, 0.4) is 0 Å². The van der Waals surface area contributed by atoms with Crippen LogP contribution >= 0.6 is 0 Å². The second-order valence-electron chi connectivity index (χ2n) is 7.25. The summed E-state index contributed by atoms with van der Waals surface area (Å²) in [4.78, 5) is 12.0. The Hall–Kier alpha value is -2.77. The zero-order valence-corrected chi connectivity index (χ0v) is 16.0. The highest BCUT2D eigenvalue weighted by molar-refractivity contribution is 5.83. The van der Waals surface area contributed by atoms with E-state index >= 15 is 0 Å². The van der Waals surface area contributed by atoms with Crippen LogP contribution in [0.25, 0.3) is 10.8 Å². The number of rotatable bonds is 8. The van der Waals surface area contributed by atoms with Crippen LogP contribution < -0.4 is 5.32 Å². The van der Waals surface area contributed by atoms with Crippen molar-refractivity contribution in [1.29, 1.82) is 0 Å². The van der Waals surface area contributed by atoms with E-state index in [1.165, 1.54) is 0 Å². The minimum absolute atomic E-state index is 0.00205. The number of carbonyl (C=O) groups excluding carboxylic acids is 1. The van der Waals surface area contributed by atoms with Gasteiger partial charge in [0.25, 0.3) is 0 Å². The third-order valence-corrected chi connectivity index (χ3v) is 5.02. The fraction of sp³-hybridized carbons (Fsp3) is 0.364. The standard InChI is InChI=1S/C22H23FN2O4/c23-22-19(10-21(26)24-11-16-7-8-27-13-16)25-29-20(22)14-28-12-15-5-6-17-3-1-2-4-18(17)9-15/h1-6,9,16H,7-8,10-14H2,(H,24,26). The molecule has 0 spiro atoms. The van der Waals surface area contributed by atoms with E-state index in [0.717, 1.165) is 29.4 Å². The summed E-state index contributed by atoms with van der Waals surface area (Å²) in [6.45, 7) is 2.18. The van der Waals surface area contributed by atoms with E-state index in [1.807, 2.05) is 42.5 Å². The summed E-state index contributed by atoms with van der Waals surface area (Å²) in [6, 6.07) is 14.1. The molecule has 1 N–H and O–H groups in total. The molecule has 1 saturated heterocycles. The molecule has 4 rings (SSSR count). The van der Waals surface area contributed by atoms with E-state index in [-0.39, 0.29) is 30.4 Å². The van der Waals surface area contributed by atoms with Gasteiger partial charge in [-0.05, 0) is 28.8 Å². The number of amides is 1. The van der Waals surface area contributed by atoms with Crippen molar-refractivity contribution in [3.8, 4) is 0 Å². The van der Waals surface area contributed by atoms with Crippen molar-refractivity contribution in [2.45, 2.75) is 26.1 Å². The summed E-state index contributed by atoms with van der Waals surface area (Å²) >= 11 is 0. The van der Waals surface area contributed by atoms with E-state index in [0.29, 0.717) is 25.7 Å². The van der Waals surface area contributed by atoms with Crippen molar-refractivity contribution >= 4 is 16.7 Å². The van der Waals surface area contributed by atoms with Crippen molar-refractivity contribution in [3.05, 3.63) is 65.3 Å². The Kier molecular flexibility index (Phi) is 6.17. The number of halogens is 1. The molecule has 1 aromatic heterocycles. The number of benzene rings is 2. The number of hydrogen-bond donors (Lipinski definition) is 1. The van der Waals surface area contributed by atoms with Gasteiger partial charge in [-0.25, -0.2) is 4.39 Å². The largest absolute Gasteiger partial charge is 0.381 e. The van der Waals surface area contributed by atoms with E-state index in [4.69, 9.17) is 14.0 Å². The van der Waals surface area contributed by atoms with Crippen LogP contribution in [-0.4, -0.2) is 30.8 Å². The molecule has 2 heterocycles. The summed E-state index contributed by atoms with van der Waals surface area (Å²) in [6.07, 6.45) is 0.769. The quantitative estimate of drug-likeness (QED) is 0.630. The maximum Gasteiger partial charge on any atom is 0.226 e. The van der Waals surface area contributed by atoms with Crippen LogP contribution in [-0.2, 0) is 33.9 Å². The van der Waals surface area contributed by atoms with Gasteiger partial charge in [0.05, 0.1) is 19.6 Å². The Bertz CT molecular complexity index is 982. The topological polar surface area (TPSA) is 73.6 Å². The Balaban J connectivity index is 1.27. The first-order valence-electron chi connectivity index (χ1n) is 9.72. The molecule has 29 heavy (non-hydrogen) atoms. The van der Waals surface area contributed by atoms with Gasteiger partial charge in [-0.15, -0.1) is 0 Å². The SMILES string of the molecule is O=C(Cc1noc(COCc2ccc3ccccc3c2)c1F)NCC1CCOC1. The summed E-state index contributed by atoms with van der Waals surface area (Å²) < 4.78 is 30.3. The highest BCUT2D eigenvalue weighted by atomic mass is 19.1. The molecule has 0 saturated carbocycles. The minimum Gasteiger partial charge on any atom is -0.381 e. The highest BCUT2D eigenvalue weighted by Crippen LogP contribution is 2.18. The molecule has 1 fully saturated rings. The van der Waals surface area contributed by atoms with Gasteiger partial charge in [0.2, 0.25) is 5.91 Å². The predicted molar refractivity (Wildman–Crippen MR) is 105 cm³/mol. The van der Waals surface area contributed by atoms with Crippen molar-refractivity contribution in [2.24, 2.45) is 5.92 Å². The van der Waals surface area contributed by atoms with Gasteiger partial charge < -0.3 is 19.3 Å². The Morgan fingerprint density at radius 1 is 1.21 bits per heavy atom. The maximum absolute atomic E-state index is 14.4. The lowest BCUT2D eigenvalue weighted by Crippen LogP contribution is -2.31. The molecule has 1 aliphatic heterocycles. The fourth-order valence-corrected chi connectivity index (χ4v) is 3.36.